The number of methoxy groups -OCH3 is 3. The number of amides is 1. The second kappa shape index (κ2) is 9.48. The third kappa shape index (κ3) is 4.34. The van der Waals surface area contributed by atoms with Crippen molar-refractivity contribution in [3.05, 3.63) is 17.2 Å². The number of carbonyl (C=O) groups excluding carboxylic acids is 1. The highest BCUT2D eigenvalue weighted by Crippen LogP contribution is 2.46. The Hall–Kier alpha value is -2.99. The average molecular weight is 357 g/mol. The zero-order valence-electron chi connectivity index (χ0n) is 15.3. The smallest absolute Gasteiger partial charge is 0.408 e. The van der Waals surface area contributed by atoms with Gasteiger partial charge >= 0.3 is 6.09 Å². The molecule has 0 saturated heterocycles. The van der Waals surface area contributed by atoms with Gasteiger partial charge in [-0.25, -0.2) is 4.79 Å². The molecule has 1 atom stereocenters. The Bertz CT molecular complexity index is 754. The maximum Gasteiger partial charge on any atom is 0.408 e. The summed E-state index contributed by atoms with van der Waals surface area (Å²) in [6.07, 6.45) is 6.72. The van der Waals surface area contributed by atoms with Crippen molar-refractivity contribution in [3.63, 3.8) is 0 Å². The highest BCUT2D eigenvalue weighted by atomic mass is 16.6. The monoisotopic (exact) mass is 357 g/mol. The zero-order chi connectivity index (χ0) is 18.9. The van der Waals surface area contributed by atoms with Crippen molar-refractivity contribution in [1.29, 1.82) is 0 Å². The van der Waals surface area contributed by atoms with E-state index >= 15 is 0 Å². The molecular formula is C20H23NO5. The summed E-state index contributed by atoms with van der Waals surface area (Å²) in [5.41, 5.74) is 1.63. The van der Waals surface area contributed by atoms with Crippen LogP contribution in [0.2, 0.25) is 0 Å². The third-order valence-electron chi connectivity index (χ3n) is 4.03. The first-order valence-electron chi connectivity index (χ1n) is 8.31. The molecule has 0 radical (unpaired) electrons. The van der Waals surface area contributed by atoms with Crippen molar-refractivity contribution in [2.24, 2.45) is 0 Å². The zero-order valence-corrected chi connectivity index (χ0v) is 15.3. The number of hydrogen-bond donors (Lipinski definition) is 1. The normalized spacial score (nSPS) is 15.5. The van der Waals surface area contributed by atoms with Crippen molar-refractivity contribution in [1.82, 2.24) is 5.32 Å². The van der Waals surface area contributed by atoms with Crippen LogP contribution in [-0.4, -0.2) is 34.0 Å². The van der Waals surface area contributed by atoms with Crippen LogP contribution in [-0.2, 0) is 11.2 Å². The molecule has 138 valence electrons. The molecule has 0 aliphatic heterocycles. The van der Waals surface area contributed by atoms with Gasteiger partial charge < -0.3 is 24.3 Å². The van der Waals surface area contributed by atoms with Gasteiger partial charge in [-0.05, 0) is 24.5 Å². The molecule has 0 fully saturated rings. The average Bonchev–Trinajstić information content (AvgIpc) is 2.75. The largest absolute Gasteiger partial charge is 0.493 e. The highest BCUT2D eigenvalue weighted by Gasteiger charge is 2.29. The number of fused-ring (bicyclic) bond motifs is 1. The molecule has 1 unspecified atom stereocenters. The minimum Gasteiger partial charge on any atom is -0.493 e. The van der Waals surface area contributed by atoms with Gasteiger partial charge in [0, 0.05) is 18.4 Å². The Labute approximate surface area is 154 Å². The van der Waals surface area contributed by atoms with Gasteiger partial charge in [0.15, 0.2) is 11.5 Å². The maximum atomic E-state index is 12.1. The van der Waals surface area contributed by atoms with E-state index in [9.17, 15) is 4.79 Å². The highest BCUT2D eigenvalue weighted by molar-refractivity contribution is 5.69. The molecule has 1 aliphatic rings. The molecule has 0 saturated carbocycles. The lowest BCUT2D eigenvalue weighted by Gasteiger charge is -2.25. The lowest BCUT2D eigenvalue weighted by atomic mass is 9.95. The quantitative estimate of drug-likeness (QED) is 0.821. The molecule has 1 aromatic carbocycles. The van der Waals surface area contributed by atoms with E-state index in [-0.39, 0.29) is 6.54 Å². The van der Waals surface area contributed by atoms with Crippen LogP contribution < -0.4 is 19.5 Å². The summed E-state index contributed by atoms with van der Waals surface area (Å²) in [4.78, 5) is 12.1. The first kappa shape index (κ1) is 19.3. The first-order chi connectivity index (χ1) is 12.7. The summed E-state index contributed by atoms with van der Waals surface area (Å²) in [5, 5.41) is 2.53. The number of carbonyl (C=O) groups is 1. The van der Waals surface area contributed by atoms with Crippen LogP contribution in [0.3, 0.4) is 0 Å². The number of benzene rings is 1. The van der Waals surface area contributed by atoms with Crippen LogP contribution in [0, 0.1) is 24.2 Å². The van der Waals surface area contributed by atoms with Crippen molar-refractivity contribution in [2.45, 2.75) is 31.8 Å². The van der Waals surface area contributed by atoms with E-state index in [1.165, 1.54) is 7.11 Å². The second-order valence-corrected chi connectivity index (χ2v) is 5.59. The Kier molecular flexibility index (Phi) is 7.05. The summed E-state index contributed by atoms with van der Waals surface area (Å²) >= 11 is 0. The SMILES string of the molecule is C#CCNC(=O)OC1CCCC#CCc2cc(OC)c(OC)c(OC)c21. The summed E-state index contributed by atoms with van der Waals surface area (Å²) in [6.45, 7) is 0.102. The molecule has 0 bridgehead atoms. The summed E-state index contributed by atoms with van der Waals surface area (Å²) in [5.74, 6) is 10.1. The van der Waals surface area contributed by atoms with Crippen molar-refractivity contribution in [2.75, 3.05) is 27.9 Å². The molecule has 6 heteroatoms. The summed E-state index contributed by atoms with van der Waals surface area (Å²) < 4.78 is 22.2. The molecule has 6 nitrogen and oxygen atoms in total. The Balaban J connectivity index is 2.53. The lowest BCUT2D eigenvalue weighted by molar-refractivity contribution is 0.0902. The number of terminal acetylenes is 1. The fourth-order valence-corrected chi connectivity index (χ4v) is 2.91. The summed E-state index contributed by atoms with van der Waals surface area (Å²) in [6, 6.07) is 1.85. The standard InChI is InChI=1S/C20H23NO5/c1-5-12-21-20(22)26-15-11-9-7-6-8-10-14-13-16(23-2)18(24-3)19(25-4)17(14)15/h1,13,15H,7,9-12H2,2-4H3,(H,21,22). The molecule has 0 aromatic heterocycles. The van der Waals surface area contributed by atoms with Gasteiger partial charge in [0.25, 0.3) is 0 Å². The number of alkyl carbamates (subject to hydrolysis) is 1. The van der Waals surface area contributed by atoms with Gasteiger partial charge in [0.2, 0.25) is 5.75 Å². The molecular weight excluding hydrogens is 334 g/mol. The lowest BCUT2D eigenvalue weighted by Crippen LogP contribution is -2.27. The minimum atomic E-state index is -0.573. The molecule has 26 heavy (non-hydrogen) atoms. The Morgan fingerprint density at radius 1 is 1.27 bits per heavy atom. The number of ether oxygens (including phenoxy) is 4. The van der Waals surface area contributed by atoms with Crippen LogP contribution in [0.25, 0.3) is 0 Å². The van der Waals surface area contributed by atoms with E-state index in [4.69, 9.17) is 25.4 Å². The van der Waals surface area contributed by atoms with E-state index < -0.39 is 12.2 Å². The van der Waals surface area contributed by atoms with E-state index in [0.717, 1.165) is 24.0 Å². The predicted molar refractivity (Wildman–Crippen MR) is 97.5 cm³/mol. The summed E-state index contributed by atoms with van der Waals surface area (Å²) in [7, 11) is 4.65. The number of hydrogen-bond acceptors (Lipinski definition) is 5. The minimum absolute atomic E-state index is 0.102. The molecule has 1 N–H and O–H groups in total. The maximum absolute atomic E-state index is 12.1. The van der Waals surface area contributed by atoms with Crippen molar-refractivity contribution >= 4 is 6.09 Å². The first-order valence-corrected chi connectivity index (χ1v) is 8.31. The van der Waals surface area contributed by atoms with Gasteiger partial charge in [-0.15, -0.1) is 12.3 Å². The van der Waals surface area contributed by atoms with Crippen LogP contribution in [0.1, 0.15) is 36.5 Å². The molecule has 1 amide bonds. The number of nitrogens with one attached hydrogen (secondary N) is 1. The predicted octanol–water partition coefficient (Wildman–Crippen LogP) is 2.84. The van der Waals surface area contributed by atoms with E-state index in [1.54, 1.807) is 14.2 Å². The van der Waals surface area contributed by atoms with Crippen LogP contribution in [0.4, 0.5) is 4.79 Å². The van der Waals surface area contributed by atoms with Gasteiger partial charge in [-0.3, -0.25) is 0 Å². The Morgan fingerprint density at radius 3 is 2.69 bits per heavy atom. The molecule has 1 aromatic rings. The topological polar surface area (TPSA) is 66.0 Å². The molecule has 1 aliphatic carbocycles. The van der Waals surface area contributed by atoms with Crippen LogP contribution in [0.5, 0.6) is 17.2 Å². The van der Waals surface area contributed by atoms with Crippen LogP contribution >= 0.6 is 0 Å². The molecule has 2 rings (SSSR count). The molecule has 0 heterocycles. The third-order valence-corrected chi connectivity index (χ3v) is 4.03. The second-order valence-electron chi connectivity index (χ2n) is 5.59. The molecule has 0 spiro atoms. The fourth-order valence-electron chi connectivity index (χ4n) is 2.91. The van der Waals surface area contributed by atoms with Crippen LogP contribution in [0.15, 0.2) is 6.07 Å². The van der Waals surface area contributed by atoms with E-state index in [0.29, 0.717) is 30.1 Å². The van der Waals surface area contributed by atoms with Gasteiger partial charge in [-0.1, -0.05) is 11.8 Å². The van der Waals surface area contributed by atoms with E-state index in [1.807, 2.05) is 6.07 Å². The van der Waals surface area contributed by atoms with Gasteiger partial charge in [-0.2, -0.15) is 0 Å². The number of rotatable bonds is 5. The fraction of sp³-hybridized carbons (Fsp3) is 0.450. The van der Waals surface area contributed by atoms with Gasteiger partial charge in [0.1, 0.15) is 6.10 Å². The van der Waals surface area contributed by atoms with Gasteiger partial charge in [0.05, 0.1) is 27.9 Å². The van der Waals surface area contributed by atoms with Crippen molar-refractivity contribution in [3.8, 4) is 41.4 Å². The van der Waals surface area contributed by atoms with E-state index in [2.05, 4.69) is 23.1 Å². The Morgan fingerprint density at radius 2 is 2.04 bits per heavy atom. The van der Waals surface area contributed by atoms with Crippen molar-refractivity contribution < 1.29 is 23.7 Å².